The summed E-state index contributed by atoms with van der Waals surface area (Å²) in [6.07, 6.45) is 5.17. The fourth-order valence-corrected chi connectivity index (χ4v) is 1.12. The van der Waals surface area contributed by atoms with Gasteiger partial charge in [0.1, 0.15) is 11.6 Å². The summed E-state index contributed by atoms with van der Waals surface area (Å²) in [5, 5.41) is 3.17. The van der Waals surface area contributed by atoms with Crippen LogP contribution in [-0.4, -0.2) is 19.9 Å². The minimum atomic E-state index is 0.691. The molecule has 0 saturated carbocycles. The van der Waals surface area contributed by atoms with E-state index in [0.29, 0.717) is 6.54 Å². The summed E-state index contributed by atoms with van der Waals surface area (Å²) < 4.78 is 0. The maximum absolute atomic E-state index is 4.22. The number of imidazole rings is 1. The summed E-state index contributed by atoms with van der Waals surface area (Å²) in [7, 11) is 0. The van der Waals surface area contributed by atoms with Crippen molar-refractivity contribution >= 4 is 5.82 Å². The molecule has 0 aliphatic carbocycles. The van der Waals surface area contributed by atoms with E-state index in [1.54, 1.807) is 18.7 Å². The summed E-state index contributed by atoms with van der Waals surface area (Å²) >= 11 is 0. The molecule has 0 fully saturated rings. The van der Waals surface area contributed by atoms with Crippen LogP contribution in [0.2, 0.25) is 0 Å². The number of aromatic amines is 1. The third-order valence-electron chi connectivity index (χ3n) is 1.79. The lowest BCUT2D eigenvalue weighted by atomic mass is 10.4. The van der Waals surface area contributed by atoms with Crippen LogP contribution >= 0.6 is 0 Å². The Hall–Kier alpha value is -1.91. The summed E-state index contributed by atoms with van der Waals surface area (Å²) in [5.74, 6) is 1.59. The molecule has 2 N–H and O–H groups in total. The first-order valence-electron chi connectivity index (χ1n) is 4.35. The van der Waals surface area contributed by atoms with E-state index < -0.39 is 0 Å². The number of nitrogens with zero attached hydrogens (tertiary/aromatic N) is 3. The molecule has 0 amide bonds. The zero-order valence-electron chi connectivity index (χ0n) is 7.86. The SMILES string of the molecule is Cc1nccc(NCc2cnc[nH]2)n1. The van der Waals surface area contributed by atoms with E-state index in [0.717, 1.165) is 17.3 Å². The Kier molecular flexibility index (Phi) is 2.40. The van der Waals surface area contributed by atoms with Crippen LogP contribution in [0, 0.1) is 6.92 Å². The van der Waals surface area contributed by atoms with Crippen LogP contribution in [0.25, 0.3) is 0 Å². The number of H-pyrrole nitrogens is 1. The highest BCUT2D eigenvalue weighted by atomic mass is 15.0. The second kappa shape index (κ2) is 3.87. The molecule has 0 atom stereocenters. The third kappa shape index (κ3) is 2.07. The van der Waals surface area contributed by atoms with Gasteiger partial charge in [0.2, 0.25) is 0 Å². The smallest absolute Gasteiger partial charge is 0.129 e. The van der Waals surface area contributed by atoms with E-state index >= 15 is 0 Å². The molecular weight excluding hydrogens is 178 g/mol. The van der Waals surface area contributed by atoms with Gasteiger partial charge in [0.05, 0.1) is 18.6 Å². The molecule has 72 valence electrons. The Bertz CT molecular complexity index is 395. The lowest BCUT2D eigenvalue weighted by Gasteiger charge is -2.03. The van der Waals surface area contributed by atoms with Crippen molar-refractivity contribution in [1.29, 1.82) is 0 Å². The first-order chi connectivity index (χ1) is 6.84. The second-order valence-electron chi connectivity index (χ2n) is 2.92. The van der Waals surface area contributed by atoms with Gasteiger partial charge in [-0.05, 0) is 13.0 Å². The minimum absolute atomic E-state index is 0.691. The number of aryl methyl sites for hydroxylation is 1. The van der Waals surface area contributed by atoms with Crippen molar-refractivity contribution < 1.29 is 0 Å². The molecule has 2 heterocycles. The number of anilines is 1. The molecule has 0 unspecified atom stereocenters. The van der Waals surface area contributed by atoms with Crippen LogP contribution in [-0.2, 0) is 6.54 Å². The number of aromatic nitrogens is 4. The lowest BCUT2D eigenvalue weighted by Crippen LogP contribution is -2.02. The van der Waals surface area contributed by atoms with Gasteiger partial charge < -0.3 is 10.3 Å². The molecule has 0 bridgehead atoms. The van der Waals surface area contributed by atoms with Gasteiger partial charge in [-0.15, -0.1) is 0 Å². The standard InChI is InChI=1S/C9H11N5/c1-7-11-3-2-9(14-7)12-5-8-4-10-6-13-8/h2-4,6H,5H2,1H3,(H,10,13)(H,11,12,14). The van der Waals surface area contributed by atoms with E-state index in [-0.39, 0.29) is 0 Å². The highest BCUT2D eigenvalue weighted by molar-refractivity contribution is 5.33. The maximum Gasteiger partial charge on any atom is 0.129 e. The molecule has 2 rings (SSSR count). The van der Waals surface area contributed by atoms with Crippen LogP contribution in [0.5, 0.6) is 0 Å². The average Bonchev–Trinajstić information content (AvgIpc) is 2.67. The van der Waals surface area contributed by atoms with Crippen molar-refractivity contribution in [2.24, 2.45) is 0 Å². The molecule has 0 saturated heterocycles. The quantitative estimate of drug-likeness (QED) is 0.759. The van der Waals surface area contributed by atoms with Crippen LogP contribution in [0.1, 0.15) is 11.5 Å². The van der Waals surface area contributed by atoms with E-state index in [1.807, 2.05) is 13.0 Å². The fraction of sp³-hybridized carbons (Fsp3) is 0.222. The molecule has 0 aliphatic rings. The van der Waals surface area contributed by atoms with Crippen molar-refractivity contribution in [1.82, 2.24) is 19.9 Å². The molecule has 0 aliphatic heterocycles. The van der Waals surface area contributed by atoms with Gasteiger partial charge >= 0.3 is 0 Å². The monoisotopic (exact) mass is 189 g/mol. The largest absolute Gasteiger partial charge is 0.364 e. The topological polar surface area (TPSA) is 66.5 Å². The normalized spacial score (nSPS) is 10.1. The molecule has 5 heteroatoms. The van der Waals surface area contributed by atoms with Crippen molar-refractivity contribution in [3.63, 3.8) is 0 Å². The Morgan fingerprint density at radius 1 is 1.50 bits per heavy atom. The van der Waals surface area contributed by atoms with Gasteiger partial charge in [-0.1, -0.05) is 0 Å². The van der Waals surface area contributed by atoms with Crippen molar-refractivity contribution in [2.45, 2.75) is 13.5 Å². The van der Waals surface area contributed by atoms with E-state index in [2.05, 4.69) is 25.3 Å². The number of nitrogens with one attached hydrogen (secondary N) is 2. The van der Waals surface area contributed by atoms with Crippen molar-refractivity contribution in [3.8, 4) is 0 Å². The predicted molar refractivity (Wildman–Crippen MR) is 52.7 cm³/mol. The highest BCUT2D eigenvalue weighted by Gasteiger charge is 1.96. The highest BCUT2D eigenvalue weighted by Crippen LogP contribution is 2.03. The zero-order valence-corrected chi connectivity index (χ0v) is 7.86. The predicted octanol–water partition coefficient (Wildman–Crippen LogP) is 1.12. The first-order valence-corrected chi connectivity index (χ1v) is 4.35. The van der Waals surface area contributed by atoms with Gasteiger partial charge in [-0.25, -0.2) is 15.0 Å². The van der Waals surface area contributed by atoms with Crippen LogP contribution in [0.3, 0.4) is 0 Å². The van der Waals surface area contributed by atoms with Gasteiger partial charge in [0.15, 0.2) is 0 Å². The summed E-state index contributed by atoms with van der Waals surface area (Å²) in [6.45, 7) is 2.55. The Morgan fingerprint density at radius 3 is 3.14 bits per heavy atom. The van der Waals surface area contributed by atoms with Crippen LogP contribution in [0.4, 0.5) is 5.82 Å². The number of hydrogen-bond acceptors (Lipinski definition) is 4. The Morgan fingerprint density at radius 2 is 2.43 bits per heavy atom. The minimum Gasteiger partial charge on any atom is -0.364 e. The van der Waals surface area contributed by atoms with E-state index in [9.17, 15) is 0 Å². The number of hydrogen-bond donors (Lipinski definition) is 2. The molecule has 2 aromatic rings. The average molecular weight is 189 g/mol. The molecular formula is C9H11N5. The molecule has 5 nitrogen and oxygen atoms in total. The summed E-state index contributed by atoms with van der Waals surface area (Å²) in [4.78, 5) is 15.2. The third-order valence-corrected chi connectivity index (χ3v) is 1.79. The Balaban J connectivity index is 1.98. The van der Waals surface area contributed by atoms with Crippen molar-refractivity contribution in [2.75, 3.05) is 5.32 Å². The van der Waals surface area contributed by atoms with Crippen molar-refractivity contribution in [3.05, 3.63) is 36.3 Å². The maximum atomic E-state index is 4.22. The Labute approximate surface area is 81.6 Å². The molecule has 0 aromatic carbocycles. The van der Waals surface area contributed by atoms with Gasteiger partial charge in [-0.3, -0.25) is 0 Å². The summed E-state index contributed by atoms with van der Waals surface area (Å²) in [5.41, 5.74) is 1.03. The zero-order chi connectivity index (χ0) is 9.80. The lowest BCUT2D eigenvalue weighted by molar-refractivity contribution is 1.00. The summed E-state index contributed by atoms with van der Waals surface area (Å²) in [6, 6.07) is 1.84. The van der Waals surface area contributed by atoms with Crippen LogP contribution in [0.15, 0.2) is 24.8 Å². The first kappa shape index (κ1) is 8.68. The van der Waals surface area contributed by atoms with Crippen LogP contribution < -0.4 is 5.32 Å². The fourth-order valence-electron chi connectivity index (χ4n) is 1.12. The van der Waals surface area contributed by atoms with Gasteiger partial charge in [0, 0.05) is 12.4 Å². The van der Waals surface area contributed by atoms with Gasteiger partial charge in [0.25, 0.3) is 0 Å². The van der Waals surface area contributed by atoms with Gasteiger partial charge in [-0.2, -0.15) is 0 Å². The molecule has 2 aromatic heterocycles. The van der Waals surface area contributed by atoms with E-state index in [4.69, 9.17) is 0 Å². The second-order valence-corrected chi connectivity index (χ2v) is 2.92. The molecule has 0 radical (unpaired) electrons. The van der Waals surface area contributed by atoms with E-state index in [1.165, 1.54) is 0 Å². The number of rotatable bonds is 3. The molecule has 0 spiro atoms. The molecule has 14 heavy (non-hydrogen) atoms.